The van der Waals surface area contributed by atoms with Crippen LogP contribution in [-0.4, -0.2) is 22.3 Å². The highest BCUT2D eigenvalue weighted by Gasteiger charge is 2.34. The van der Waals surface area contributed by atoms with E-state index in [1.165, 1.54) is 19.4 Å². The summed E-state index contributed by atoms with van der Waals surface area (Å²) in [6.45, 7) is 9.06. The van der Waals surface area contributed by atoms with Gasteiger partial charge in [-0.2, -0.15) is 0 Å². The second-order valence-electron chi connectivity index (χ2n) is 5.30. The lowest BCUT2D eigenvalue weighted by Gasteiger charge is -2.23. The van der Waals surface area contributed by atoms with Crippen molar-refractivity contribution in [1.82, 2.24) is 0 Å². The summed E-state index contributed by atoms with van der Waals surface area (Å²) in [6.07, 6.45) is 4.59. The summed E-state index contributed by atoms with van der Waals surface area (Å²) in [4.78, 5) is 10.9. The monoisotopic (exact) mass is 240 g/mol. The van der Waals surface area contributed by atoms with Gasteiger partial charge in [0.2, 0.25) is 0 Å². The quantitative estimate of drug-likeness (QED) is 0.701. The Morgan fingerprint density at radius 1 is 1.29 bits per heavy atom. The van der Waals surface area contributed by atoms with Crippen LogP contribution in [0.15, 0.2) is 23.3 Å². The molecule has 0 rings (SSSR count). The van der Waals surface area contributed by atoms with Gasteiger partial charge in [-0.05, 0) is 47.5 Å². The molecule has 0 saturated heterocycles. The van der Waals surface area contributed by atoms with E-state index in [0.717, 1.165) is 18.4 Å². The fraction of sp³-hybridized carbons (Fsp3) is 0.643. The molecule has 0 aromatic rings. The van der Waals surface area contributed by atoms with E-state index in [0.29, 0.717) is 0 Å². The van der Waals surface area contributed by atoms with E-state index < -0.39 is 17.5 Å². The van der Waals surface area contributed by atoms with Crippen molar-refractivity contribution in [1.29, 1.82) is 0 Å². The van der Waals surface area contributed by atoms with Crippen LogP contribution in [0.4, 0.5) is 0 Å². The molecule has 0 heterocycles. The zero-order valence-electron chi connectivity index (χ0n) is 11.4. The average Bonchev–Trinajstić information content (AvgIpc) is 2.16. The molecule has 0 aliphatic heterocycles. The van der Waals surface area contributed by atoms with Gasteiger partial charge in [0.05, 0.1) is 11.5 Å². The zero-order valence-corrected chi connectivity index (χ0v) is 11.4. The number of carbonyl (C=O) groups is 1. The maximum Gasteiger partial charge on any atom is 0.312 e. The SMILES string of the molecule is CC(C)=CCC/C(C)=C/C(O)C(C)(C)C(=O)O. The van der Waals surface area contributed by atoms with Crippen LogP contribution in [0.25, 0.3) is 0 Å². The van der Waals surface area contributed by atoms with Crippen LogP contribution in [0.5, 0.6) is 0 Å². The Morgan fingerprint density at radius 3 is 2.24 bits per heavy atom. The number of aliphatic hydroxyl groups excluding tert-OH is 1. The van der Waals surface area contributed by atoms with Gasteiger partial charge in [-0.25, -0.2) is 0 Å². The molecule has 0 fully saturated rings. The van der Waals surface area contributed by atoms with Crippen LogP contribution < -0.4 is 0 Å². The average molecular weight is 240 g/mol. The first-order valence-electron chi connectivity index (χ1n) is 5.90. The van der Waals surface area contributed by atoms with Crippen LogP contribution in [0, 0.1) is 5.41 Å². The Morgan fingerprint density at radius 2 is 1.82 bits per heavy atom. The van der Waals surface area contributed by atoms with Crippen LogP contribution >= 0.6 is 0 Å². The summed E-state index contributed by atoms with van der Waals surface area (Å²) in [5.74, 6) is -0.988. The molecule has 0 saturated carbocycles. The third kappa shape index (κ3) is 5.68. The van der Waals surface area contributed by atoms with Crippen molar-refractivity contribution in [3.05, 3.63) is 23.3 Å². The molecule has 0 aromatic carbocycles. The molecule has 98 valence electrons. The molecule has 0 bridgehead atoms. The van der Waals surface area contributed by atoms with Gasteiger partial charge in [0.25, 0.3) is 0 Å². The molecule has 0 aliphatic rings. The van der Waals surface area contributed by atoms with Gasteiger partial charge < -0.3 is 10.2 Å². The van der Waals surface area contributed by atoms with E-state index in [-0.39, 0.29) is 0 Å². The minimum absolute atomic E-state index is 0.845. The third-order valence-corrected chi connectivity index (χ3v) is 2.82. The van der Waals surface area contributed by atoms with Gasteiger partial charge in [0, 0.05) is 0 Å². The number of aliphatic hydroxyl groups is 1. The van der Waals surface area contributed by atoms with Crippen LogP contribution in [-0.2, 0) is 4.79 Å². The Bertz CT molecular complexity index is 320. The second kappa shape index (κ2) is 6.60. The van der Waals surface area contributed by atoms with Crippen LogP contribution in [0.1, 0.15) is 47.5 Å². The van der Waals surface area contributed by atoms with Gasteiger partial charge in [-0.3, -0.25) is 4.79 Å². The number of carboxylic acid groups (broad SMARTS) is 1. The highest BCUT2D eigenvalue weighted by Crippen LogP contribution is 2.23. The van der Waals surface area contributed by atoms with Crippen LogP contribution in [0.2, 0.25) is 0 Å². The predicted octanol–water partition coefficient (Wildman–Crippen LogP) is 3.15. The van der Waals surface area contributed by atoms with Crippen molar-refractivity contribution in [2.45, 2.75) is 53.6 Å². The summed E-state index contributed by atoms with van der Waals surface area (Å²) in [5.41, 5.74) is 1.14. The van der Waals surface area contributed by atoms with E-state index in [2.05, 4.69) is 6.08 Å². The minimum Gasteiger partial charge on any atom is -0.481 e. The molecular weight excluding hydrogens is 216 g/mol. The van der Waals surface area contributed by atoms with Gasteiger partial charge in [0.15, 0.2) is 0 Å². The molecule has 0 aliphatic carbocycles. The standard InChI is InChI=1S/C14H24O3/c1-10(2)7-6-8-11(3)9-12(15)14(4,5)13(16)17/h7,9,12,15H,6,8H2,1-5H3,(H,16,17)/b11-9+. The fourth-order valence-electron chi connectivity index (χ4n) is 1.28. The molecule has 0 aromatic heterocycles. The van der Waals surface area contributed by atoms with Gasteiger partial charge in [-0.1, -0.05) is 23.3 Å². The maximum absolute atomic E-state index is 10.9. The Kier molecular flexibility index (Phi) is 6.18. The van der Waals surface area contributed by atoms with Crippen molar-refractivity contribution < 1.29 is 15.0 Å². The van der Waals surface area contributed by atoms with Crippen molar-refractivity contribution in [2.75, 3.05) is 0 Å². The van der Waals surface area contributed by atoms with Crippen molar-refractivity contribution >= 4 is 5.97 Å². The highest BCUT2D eigenvalue weighted by atomic mass is 16.4. The van der Waals surface area contributed by atoms with Gasteiger partial charge >= 0.3 is 5.97 Å². The first-order valence-corrected chi connectivity index (χ1v) is 5.90. The lowest BCUT2D eigenvalue weighted by atomic mass is 9.85. The van der Waals surface area contributed by atoms with E-state index in [1.54, 1.807) is 6.08 Å². The molecule has 1 unspecified atom stereocenters. The zero-order chi connectivity index (χ0) is 13.6. The first-order chi connectivity index (χ1) is 7.67. The normalized spacial score (nSPS) is 14.4. The van der Waals surface area contributed by atoms with E-state index >= 15 is 0 Å². The van der Waals surface area contributed by atoms with Gasteiger partial charge in [-0.15, -0.1) is 0 Å². The number of aliphatic carboxylic acids is 1. The van der Waals surface area contributed by atoms with Crippen molar-refractivity contribution in [3.63, 3.8) is 0 Å². The largest absolute Gasteiger partial charge is 0.481 e. The minimum atomic E-state index is -1.14. The van der Waals surface area contributed by atoms with E-state index in [1.807, 2.05) is 20.8 Å². The van der Waals surface area contributed by atoms with Crippen molar-refractivity contribution in [3.8, 4) is 0 Å². The van der Waals surface area contributed by atoms with Gasteiger partial charge in [0.1, 0.15) is 0 Å². The Hall–Kier alpha value is -1.09. The first kappa shape index (κ1) is 15.9. The Balaban J connectivity index is 4.48. The lowest BCUT2D eigenvalue weighted by molar-refractivity contribution is -0.151. The highest BCUT2D eigenvalue weighted by molar-refractivity contribution is 5.74. The summed E-state index contributed by atoms with van der Waals surface area (Å²) in [6, 6.07) is 0. The molecule has 3 nitrogen and oxygen atoms in total. The number of carboxylic acids is 1. The molecule has 1 atom stereocenters. The fourth-order valence-corrected chi connectivity index (χ4v) is 1.28. The van der Waals surface area contributed by atoms with E-state index in [4.69, 9.17) is 5.11 Å². The molecule has 3 heteroatoms. The second-order valence-corrected chi connectivity index (χ2v) is 5.30. The number of hydrogen-bond acceptors (Lipinski definition) is 2. The van der Waals surface area contributed by atoms with Crippen LogP contribution in [0.3, 0.4) is 0 Å². The summed E-state index contributed by atoms with van der Waals surface area (Å²) >= 11 is 0. The molecule has 0 amide bonds. The number of rotatable bonds is 6. The topological polar surface area (TPSA) is 57.5 Å². The predicted molar refractivity (Wildman–Crippen MR) is 69.8 cm³/mol. The molecule has 2 N–H and O–H groups in total. The van der Waals surface area contributed by atoms with Crippen molar-refractivity contribution in [2.24, 2.45) is 5.41 Å². The summed E-state index contributed by atoms with van der Waals surface area (Å²) in [5, 5.41) is 18.8. The van der Waals surface area contributed by atoms with E-state index in [9.17, 15) is 9.90 Å². The smallest absolute Gasteiger partial charge is 0.312 e. The molecule has 17 heavy (non-hydrogen) atoms. The number of allylic oxidation sites excluding steroid dienone is 3. The molecule has 0 spiro atoms. The summed E-state index contributed by atoms with van der Waals surface area (Å²) < 4.78 is 0. The number of hydrogen-bond donors (Lipinski definition) is 2. The lowest BCUT2D eigenvalue weighted by Crippen LogP contribution is -2.35. The summed E-state index contributed by atoms with van der Waals surface area (Å²) in [7, 11) is 0. The maximum atomic E-state index is 10.9. The molecule has 0 radical (unpaired) electrons. The Labute approximate surface area is 104 Å². The molecular formula is C14H24O3. The third-order valence-electron chi connectivity index (χ3n) is 2.82.